The molecule has 0 fully saturated rings. The number of hydrogen-bond acceptors (Lipinski definition) is 0. The second kappa shape index (κ2) is 24.4. The molecule has 2 unspecified atom stereocenters. The van der Waals surface area contributed by atoms with E-state index in [0.29, 0.717) is 11.8 Å². The summed E-state index contributed by atoms with van der Waals surface area (Å²) in [6.45, 7) is 9.36. The van der Waals surface area contributed by atoms with Crippen molar-refractivity contribution >= 4 is 3.21 Å². The van der Waals surface area contributed by atoms with E-state index in [-0.39, 0.29) is 36.4 Å². The second-order valence-corrected chi connectivity index (χ2v) is 17.3. The first-order valence-electron chi connectivity index (χ1n) is 20.9. The van der Waals surface area contributed by atoms with E-state index in [9.17, 15) is 8.78 Å². The Kier molecular flexibility index (Phi) is 19.8. The van der Waals surface area contributed by atoms with Crippen molar-refractivity contribution in [1.29, 1.82) is 0 Å². The van der Waals surface area contributed by atoms with Gasteiger partial charge in [0.1, 0.15) is 0 Å². The molecule has 0 heterocycles. The van der Waals surface area contributed by atoms with Gasteiger partial charge in [-0.1, -0.05) is 142 Å². The Balaban J connectivity index is 0.000000265. The summed E-state index contributed by atoms with van der Waals surface area (Å²) in [5.41, 5.74) is 15.8. The summed E-state index contributed by atoms with van der Waals surface area (Å²) in [4.78, 5) is 0. The maximum absolute atomic E-state index is 13.0. The minimum absolute atomic E-state index is 0. The summed E-state index contributed by atoms with van der Waals surface area (Å²) < 4.78 is 27.4. The van der Waals surface area contributed by atoms with E-state index in [2.05, 4.69) is 125 Å². The van der Waals surface area contributed by atoms with Crippen LogP contribution in [0.25, 0.3) is 33.4 Å². The smallest absolute Gasteiger partial charge is 0.109 e. The maximum atomic E-state index is 13.0. The molecule has 308 valence electrons. The molecule has 0 amide bonds. The molecule has 0 nitrogen and oxygen atoms in total. The van der Waals surface area contributed by atoms with E-state index >= 15 is 0 Å². The predicted octanol–water partition coefficient (Wildman–Crippen LogP) is 8.98. The van der Waals surface area contributed by atoms with E-state index in [4.69, 9.17) is 0 Å². The monoisotopic (exact) mass is 912 g/mol. The molecule has 0 N–H and O–H groups in total. The summed E-state index contributed by atoms with van der Waals surface area (Å²) in [5, 5.41) is 0. The summed E-state index contributed by atoms with van der Waals surface area (Å²) in [6, 6.07) is 46.5. The van der Waals surface area contributed by atoms with Crippen molar-refractivity contribution in [3.8, 4) is 33.4 Å². The van der Waals surface area contributed by atoms with Crippen molar-refractivity contribution in [2.24, 2.45) is 0 Å². The average molecular weight is 915 g/mol. The van der Waals surface area contributed by atoms with E-state index in [1.165, 1.54) is 121 Å². The number of rotatable bonds is 12. The predicted molar refractivity (Wildman–Crippen MR) is 238 cm³/mol. The van der Waals surface area contributed by atoms with Gasteiger partial charge in [0.2, 0.25) is 0 Å². The van der Waals surface area contributed by atoms with Crippen LogP contribution >= 0.6 is 0 Å². The van der Waals surface area contributed by atoms with Gasteiger partial charge in [-0.25, -0.2) is 12.2 Å². The zero-order chi connectivity index (χ0) is 40.9. The van der Waals surface area contributed by atoms with Crippen molar-refractivity contribution in [3.05, 3.63) is 203 Å². The molecule has 5 heteroatoms. The fraction of sp³-hybridized carbons (Fsp3) is 0.255. The summed E-state index contributed by atoms with van der Waals surface area (Å²) >= 11 is 1.31. The third-order valence-corrected chi connectivity index (χ3v) is 11.8. The molecule has 0 bridgehead atoms. The van der Waals surface area contributed by atoms with Gasteiger partial charge >= 0.3 is 120 Å². The van der Waals surface area contributed by atoms with E-state index in [0.717, 1.165) is 36.8 Å². The number of benzene rings is 6. The molecular formula is C55H54Cl2F2Zr-2. The van der Waals surface area contributed by atoms with E-state index in [1.54, 1.807) is 24.3 Å². The fourth-order valence-corrected chi connectivity index (χ4v) is 9.11. The molecule has 0 saturated carbocycles. The normalized spacial score (nSPS) is 12.7. The zero-order valence-corrected chi connectivity index (χ0v) is 39.1. The van der Waals surface area contributed by atoms with Gasteiger partial charge < -0.3 is 24.8 Å². The Morgan fingerprint density at radius 3 is 1.68 bits per heavy atom. The van der Waals surface area contributed by atoms with Crippen molar-refractivity contribution in [2.75, 3.05) is 0 Å². The van der Waals surface area contributed by atoms with Gasteiger partial charge in [-0.15, -0.1) is 35.2 Å². The summed E-state index contributed by atoms with van der Waals surface area (Å²) in [7, 11) is 0. The number of fused-ring (bicyclic) bond motifs is 3. The van der Waals surface area contributed by atoms with Crippen molar-refractivity contribution in [2.45, 2.75) is 90.9 Å². The van der Waals surface area contributed by atoms with Crippen LogP contribution in [0.3, 0.4) is 0 Å². The van der Waals surface area contributed by atoms with Crippen LogP contribution in [0, 0.1) is 23.8 Å². The molecule has 2 aliphatic rings. The van der Waals surface area contributed by atoms with Gasteiger partial charge in [0.25, 0.3) is 0 Å². The summed E-state index contributed by atoms with van der Waals surface area (Å²) in [6.07, 6.45) is 17.3. The molecule has 8 rings (SSSR count). The van der Waals surface area contributed by atoms with Crippen molar-refractivity contribution < 1.29 is 57.8 Å². The molecule has 6 aromatic rings. The largest absolute Gasteiger partial charge is 1.00 e. The molecule has 2 atom stereocenters. The first-order valence-corrected chi connectivity index (χ1v) is 22.1. The van der Waals surface area contributed by atoms with E-state index < -0.39 is 0 Å². The number of halogens is 4. The Hall–Kier alpha value is -4.01. The molecule has 0 aliphatic heterocycles. The first kappa shape index (κ1) is 48.7. The van der Waals surface area contributed by atoms with Gasteiger partial charge in [-0.2, -0.15) is 6.08 Å². The minimum Gasteiger partial charge on any atom is -1.00 e. The average Bonchev–Trinajstić information content (AvgIpc) is 3.93. The minimum atomic E-state index is -0.207. The Bertz CT molecular complexity index is 2190. The third-order valence-electron chi connectivity index (χ3n) is 11.0. The quantitative estimate of drug-likeness (QED) is 0.108. The molecule has 0 aromatic heterocycles. The van der Waals surface area contributed by atoms with Gasteiger partial charge in [-0.05, 0) is 41.0 Å². The van der Waals surface area contributed by atoms with Crippen LogP contribution in [-0.4, -0.2) is 3.21 Å². The Morgan fingerprint density at radius 1 is 0.633 bits per heavy atom. The standard InChI is InChI=1S/C35H37.C15H12F2.C5H5.2ClH.Zr/c1-5-13-24(3)30-22-34-28(20-32(30)26-15-9-7-10-16-26)19-29-21-33(27-17-11-8-12-18-27)31(23-35(29)34)25(4)14-6-2;16-14-8-2-6-12(10-14)4-1-5-13-7-3-9-15(17)11-13;1-2-4-5-3-1;;;/h7-12,15-18,20,22-25H,5-6,13-14,19H2,1-4H3;2-3,6-11H,4-5H2;1-3H,4H2;2*1H;/q-1;;-1;;;+2/p-2. The van der Waals surface area contributed by atoms with Crippen LogP contribution in [0.5, 0.6) is 0 Å². The second-order valence-electron chi connectivity index (χ2n) is 15.6. The molecule has 6 aromatic carbocycles. The van der Waals surface area contributed by atoms with Crippen LogP contribution in [0.1, 0.15) is 105 Å². The van der Waals surface area contributed by atoms with Crippen LogP contribution in [0.4, 0.5) is 8.78 Å². The van der Waals surface area contributed by atoms with Gasteiger partial charge in [0.05, 0.1) is 0 Å². The van der Waals surface area contributed by atoms with Gasteiger partial charge in [0, 0.05) is 0 Å². The zero-order valence-electron chi connectivity index (χ0n) is 35.2. The van der Waals surface area contributed by atoms with Crippen LogP contribution in [-0.2, 0) is 43.5 Å². The van der Waals surface area contributed by atoms with Crippen LogP contribution < -0.4 is 24.8 Å². The van der Waals surface area contributed by atoms with Crippen molar-refractivity contribution in [1.82, 2.24) is 0 Å². The Morgan fingerprint density at radius 2 is 1.18 bits per heavy atom. The Labute approximate surface area is 385 Å². The SMILES string of the molecule is CCCC(C)c1cc2c([c-]c1-c1ccccc1)Cc1cc(-c3ccccc3)c(C(C)CCC)cc1-2.Fc1cccc(C[C](=[Zr+2])Cc2cccc(F)c2)c1.[C-]1=CC=CC1.[Cl-].[Cl-]. The maximum Gasteiger partial charge on any atom is -0.109 e. The first-order chi connectivity index (χ1) is 28.2. The molecule has 0 saturated heterocycles. The van der Waals surface area contributed by atoms with Gasteiger partial charge in [0.15, 0.2) is 0 Å². The number of allylic oxidation sites excluding steroid dienone is 4. The van der Waals surface area contributed by atoms with Crippen LogP contribution in [0.15, 0.2) is 146 Å². The summed E-state index contributed by atoms with van der Waals surface area (Å²) in [5.74, 6) is 0.641. The van der Waals surface area contributed by atoms with Gasteiger partial charge in [-0.3, -0.25) is 6.08 Å². The fourth-order valence-electron chi connectivity index (χ4n) is 8.11. The van der Waals surface area contributed by atoms with Crippen molar-refractivity contribution in [3.63, 3.8) is 0 Å². The molecule has 60 heavy (non-hydrogen) atoms. The molecule has 0 spiro atoms. The third kappa shape index (κ3) is 13.2. The topological polar surface area (TPSA) is 0 Å². The van der Waals surface area contributed by atoms with E-state index in [1.807, 2.05) is 24.3 Å². The number of hydrogen-bond donors (Lipinski definition) is 0. The molecular weight excluding hydrogens is 861 g/mol. The molecule has 2 aliphatic carbocycles. The van der Waals surface area contributed by atoms with Crippen LogP contribution in [0.2, 0.25) is 0 Å². The molecule has 0 radical (unpaired) electrons.